The van der Waals surface area contributed by atoms with Crippen molar-refractivity contribution in [3.05, 3.63) is 53.1 Å². The maximum Gasteiger partial charge on any atom is 0.277 e. The lowest BCUT2D eigenvalue weighted by molar-refractivity contribution is -0.123. The van der Waals surface area contributed by atoms with Crippen molar-refractivity contribution in [2.45, 2.75) is 53.4 Å². The fourth-order valence-corrected chi connectivity index (χ4v) is 2.97. The number of carbonyl (C=O) groups excluding carboxylic acids is 1. The zero-order valence-corrected chi connectivity index (χ0v) is 16.6. The molecule has 1 aliphatic rings. The zero-order valence-electron chi connectivity index (χ0n) is 16.6. The maximum atomic E-state index is 12.2. The molecular weight excluding hydrogens is 324 g/mol. The summed E-state index contributed by atoms with van der Waals surface area (Å²) < 4.78 is 5.76. The number of carbonyl (C=O) groups is 1. The van der Waals surface area contributed by atoms with Crippen molar-refractivity contribution in [3.8, 4) is 5.75 Å². The molecule has 1 aromatic rings. The van der Waals surface area contributed by atoms with Crippen molar-refractivity contribution in [2.75, 3.05) is 6.61 Å². The molecule has 0 bridgehead atoms. The number of rotatable bonds is 6. The van der Waals surface area contributed by atoms with E-state index >= 15 is 0 Å². The van der Waals surface area contributed by atoms with Crippen LogP contribution >= 0.6 is 0 Å². The first-order valence-corrected chi connectivity index (χ1v) is 9.19. The Bertz CT molecular complexity index is 745. The van der Waals surface area contributed by atoms with E-state index in [2.05, 4.69) is 49.2 Å². The minimum absolute atomic E-state index is 0.0490. The molecule has 0 heterocycles. The second kappa shape index (κ2) is 8.84. The van der Waals surface area contributed by atoms with Gasteiger partial charge in [-0.25, -0.2) is 5.43 Å². The topological polar surface area (TPSA) is 50.7 Å². The summed E-state index contributed by atoms with van der Waals surface area (Å²) in [6, 6.07) is 6.09. The molecule has 1 amide bonds. The molecule has 0 fully saturated rings. The highest BCUT2D eigenvalue weighted by molar-refractivity contribution is 6.01. The van der Waals surface area contributed by atoms with Crippen LogP contribution in [0.1, 0.15) is 57.6 Å². The van der Waals surface area contributed by atoms with E-state index in [9.17, 15) is 4.79 Å². The summed E-state index contributed by atoms with van der Waals surface area (Å²) in [6.45, 7) is 14.3. The Kier molecular flexibility index (Phi) is 6.78. The molecule has 26 heavy (non-hydrogen) atoms. The van der Waals surface area contributed by atoms with Crippen molar-refractivity contribution in [2.24, 2.45) is 11.0 Å². The van der Waals surface area contributed by atoms with Gasteiger partial charge in [-0.05, 0) is 68.2 Å². The molecule has 2 rings (SSSR count). The lowest BCUT2D eigenvalue weighted by Crippen LogP contribution is -2.27. The van der Waals surface area contributed by atoms with Crippen LogP contribution in [0.25, 0.3) is 0 Å². The average molecular weight is 354 g/mol. The molecule has 0 spiro atoms. The molecule has 0 saturated carbocycles. The van der Waals surface area contributed by atoms with E-state index in [4.69, 9.17) is 4.74 Å². The summed E-state index contributed by atoms with van der Waals surface area (Å²) >= 11 is 0. The molecule has 0 aliphatic heterocycles. The fourth-order valence-electron chi connectivity index (χ4n) is 2.97. The van der Waals surface area contributed by atoms with Crippen molar-refractivity contribution >= 4 is 11.6 Å². The third kappa shape index (κ3) is 5.32. The van der Waals surface area contributed by atoms with E-state index in [0.29, 0.717) is 11.8 Å². The Balaban J connectivity index is 1.97. The SMILES string of the molecule is C=C(C)C1CC=C(C)C(=NNC(=O)COc2cc(C)ccc2C(C)C)C1. The third-order valence-electron chi connectivity index (χ3n) is 4.77. The first-order chi connectivity index (χ1) is 12.3. The van der Waals surface area contributed by atoms with Gasteiger partial charge in [-0.15, -0.1) is 0 Å². The van der Waals surface area contributed by atoms with Gasteiger partial charge in [0.15, 0.2) is 6.61 Å². The van der Waals surface area contributed by atoms with Gasteiger partial charge in [0.2, 0.25) is 0 Å². The van der Waals surface area contributed by atoms with E-state index in [-0.39, 0.29) is 12.5 Å². The normalized spacial score (nSPS) is 18.6. The quantitative estimate of drug-likeness (QED) is 0.583. The van der Waals surface area contributed by atoms with E-state index in [1.54, 1.807) is 0 Å². The van der Waals surface area contributed by atoms with Gasteiger partial charge < -0.3 is 4.74 Å². The van der Waals surface area contributed by atoms with Crippen LogP contribution in [0.2, 0.25) is 0 Å². The molecule has 0 radical (unpaired) electrons. The van der Waals surface area contributed by atoms with Gasteiger partial charge in [-0.2, -0.15) is 5.10 Å². The van der Waals surface area contributed by atoms with Gasteiger partial charge in [0.25, 0.3) is 5.91 Å². The summed E-state index contributed by atoms with van der Waals surface area (Å²) in [4.78, 5) is 12.2. The highest BCUT2D eigenvalue weighted by Crippen LogP contribution is 2.28. The van der Waals surface area contributed by atoms with Crippen LogP contribution in [0.3, 0.4) is 0 Å². The fraction of sp³-hybridized carbons (Fsp3) is 0.455. The van der Waals surface area contributed by atoms with Gasteiger partial charge in [0, 0.05) is 0 Å². The highest BCUT2D eigenvalue weighted by Gasteiger charge is 2.19. The molecule has 0 aromatic heterocycles. The predicted molar refractivity (Wildman–Crippen MR) is 108 cm³/mol. The molecule has 4 heteroatoms. The van der Waals surface area contributed by atoms with E-state index < -0.39 is 0 Å². The summed E-state index contributed by atoms with van der Waals surface area (Å²) in [7, 11) is 0. The van der Waals surface area contributed by atoms with E-state index in [1.807, 2.05) is 26.8 Å². The van der Waals surface area contributed by atoms with Gasteiger partial charge >= 0.3 is 0 Å². The number of hydrazone groups is 1. The number of benzene rings is 1. The van der Waals surface area contributed by atoms with Crippen molar-refractivity contribution in [3.63, 3.8) is 0 Å². The second-order valence-corrected chi connectivity index (χ2v) is 7.45. The molecule has 1 aliphatic carbocycles. The average Bonchev–Trinajstić information content (AvgIpc) is 2.58. The monoisotopic (exact) mass is 354 g/mol. The summed E-state index contributed by atoms with van der Waals surface area (Å²) in [5.74, 6) is 1.24. The van der Waals surface area contributed by atoms with Crippen molar-refractivity contribution < 1.29 is 9.53 Å². The molecule has 140 valence electrons. The lowest BCUT2D eigenvalue weighted by atomic mass is 9.85. The number of hydrogen-bond acceptors (Lipinski definition) is 3. The Hall–Kier alpha value is -2.36. The zero-order chi connectivity index (χ0) is 19.3. The van der Waals surface area contributed by atoms with E-state index in [0.717, 1.165) is 46.6 Å². The van der Waals surface area contributed by atoms with Gasteiger partial charge in [-0.3, -0.25) is 4.79 Å². The highest BCUT2D eigenvalue weighted by atomic mass is 16.5. The number of nitrogens with zero attached hydrogens (tertiary/aromatic N) is 1. The smallest absolute Gasteiger partial charge is 0.277 e. The number of amides is 1. The van der Waals surface area contributed by atoms with Crippen LogP contribution in [0.4, 0.5) is 0 Å². The standard InChI is InChI=1S/C22H30N2O2/c1-14(2)18-9-8-17(6)20(12-18)23-24-22(25)13-26-21-11-16(5)7-10-19(21)15(3)4/h7-8,10-11,15,18H,1,9,12-13H2,2-6H3,(H,24,25). The Morgan fingerprint density at radius 1 is 1.38 bits per heavy atom. The first kappa shape index (κ1) is 20.0. The van der Waals surface area contributed by atoms with Gasteiger partial charge in [-0.1, -0.05) is 44.2 Å². The number of aryl methyl sites for hydroxylation is 1. The lowest BCUT2D eigenvalue weighted by Gasteiger charge is -2.22. The van der Waals surface area contributed by atoms with Crippen molar-refractivity contribution in [1.82, 2.24) is 5.43 Å². The largest absolute Gasteiger partial charge is 0.483 e. The number of nitrogens with one attached hydrogen (secondary N) is 1. The van der Waals surface area contributed by atoms with Gasteiger partial charge in [0.1, 0.15) is 5.75 Å². The molecule has 0 saturated heterocycles. The Labute approximate surface area is 157 Å². The molecule has 1 aromatic carbocycles. The minimum Gasteiger partial charge on any atom is -0.483 e. The molecule has 1 N–H and O–H groups in total. The van der Waals surface area contributed by atoms with Crippen LogP contribution in [0.15, 0.2) is 47.1 Å². The molecule has 1 unspecified atom stereocenters. The number of ether oxygens (including phenoxy) is 1. The minimum atomic E-state index is -0.251. The summed E-state index contributed by atoms with van der Waals surface area (Å²) in [5.41, 5.74) is 8.02. The first-order valence-electron chi connectivity index (χ1n) is 9.19. The van der Waals surface area contributed by atoms with Crippen LogP contribution in [-0.4, -0.2) is 18.2 Å². The van der Waals surface area contributed by atoms with Crippen LogP contribution in [0, 0.1) is 12.8 Å². The van der Waals surface area contributed by atoms with Crippen LogP contribution < -0.4 is 10.2 Å². The third-order valence-corrected chi connectivity index (χ3v) is 4.77. The summed E-state index contributed by atoms with van der Waals surface area (Å²) in [5, 5.41) is 4.31. The number of hydrogen-bond donors (Lipinski definition) is 1. The predicted octanol–water partition coefficient (Wildman–Crippen LogP) is 4.90. The maximum absolute atomic E-state index is 12.2. The Morgan fingerprint density at radius 2 is 2.12 bits per heavy atom. The van der Waals surface area contributed by atoms with Crippen LogP contribution in [0.5, 0.6) is 5.75 Å². The number of allylic oxidation sites excluding steroid dienone is 3. The van der Waals surface area contributed by atoms with E-state index in [1.165, 1.54) is 0 Å². The van der Waals surface area contributed by atoms with Crippen molar-refractivity contribution in [1.29, 1.82) is 0 Å². The second-order valence-electron chi connectivity index (χ2n) is 7.45. The molecule has 1 atom stereocenters. The Morgan fingerprint density at radius 3 is 2.77 bits per heavy atom. The molecular formula is C22H30N2O2. The molecule has 4 nitrogen and oxygen atoms in total. The summed E-state index contributed by atoms with van der Waals surface area (Å²) in [6.07, 6.45) is 3.96. The van der Waals surface area contributed by atoms with Gasteiger partial charge in [0.05, 0.1) is 5.71 Å². The van der Waals surface area contributed by atoms with Crippen LogP contribution in [-0.2, 0) is 4.79 Å².